The second-order valence-corrected chi connectivity index (χ2v) is 6.07. The normalized spacial score (nSPS) is 22.3. The molecule has 2 rings (SSSR count). The molecule has 0 saturated carbocycles. The third-order valence-electron chi connectivity index (χ3n) is 3.67. The molecular formula is C15H24BNO4. The number of carbonyl (C=O) groups is 1. The molecule has 1 saturated heterocycles. The van der Waals surface area contributed by atoms with E-state index in [0.717, 1.165) is 5.46 Å². The van der Waals surface area contributed by atoms with Gasteiger partial charge >= 0.3 is 13.2 Å². The van der Waals surface area contributed by atoms with Gasteiger partial charge in [-0.05, 0) is 24.8 Å². The van der Waals surface area contributed by atoms with Gasteiger partial charge in [0.1, 0.15) is 0 Å². The molecule has 0 aliphatic carbocycles. The van der Waals surface area contributed by atoms with Crippen molar-refractivity contribution in [2.45, 2.75) is 46.8 Å². The van der Waals surface area contributed by atoms with E-state index in [4.69, 9.17) is 14.0 Å². The Morgan fingerprint density at radius 3 is 2.33 bits per heavy atom. The number of nitrogens with zero attached hydrogens (tertiary/aromatic N) is 1. The van der Waals surface area contributed by atoms with Crippen molar-refractivity contribution >= 4 is 18.7 Å². The van der Waals surface area contributed by atoms with Gasteiger partial charge in [0.15, 0.2) is 0 Å². The number of rotatable bonds is 4. The minimum Gasteiger partial charge on any atom is -0.449 e. The van der Waals surface area contributed by atoms with Crippen molar-refractivity contribution in [2.75, 3.05) is 6.61 Å². The lowest BCUT2D eigenvalue weighted by molar-refractivity contribution is 0.0815. The second kappa shape index (κ2) is 6.66. The quantitative estimate of drug-likeness (QED) is 0.799. The third kappa shape index (κ3) is 3.50. The Balaban J connectivity index is 2.11. The van der Waals surface area contributed by atoms with E-state index in [2.05, 4.69) is 27.7 Å². The van der Waals surface area contributed by atoms with Crippen LogP contribution in [0.1, 0.15) is 34.6 Å². The average Bonchev–Trinajstić information content (AvgIpc) is 3.05. The summed E-state index contributed by atoms with van der Waals surface area (Å²) >= 11 is 0. The molecule has 0 radical (unpaired) electrons. The first-order valence-electron chi connectivity index (χ1n) is 7.60. The Kier molecular flexibility index (Phi) is 5.11. The first kappa shape index (κ1) is 16.1. The fourth-order valence-corrected chi connectivity index (χ4v) is 2.57. The first-order valence-corrected chi connectivity index (χ1v) is 7.60. The Labute approximate surface area is 126 Å². The van der Waals surface area contributed by atoms with Crippen LogP contribution in [0, 0.1) is 11.8 Å². The van der Waals surface area contributed by atoms with Gasteiger partial charge in [0.2, 0.25) is 0 Å². The SMILES string of the molecule is CCOC(=O)n1ccc(B2OC(C(C)C)C(C(C)C)O2)c1. The van der Waals surface area contributed by atoms with Gasteiger partial charge in [-0.2, -0.15) is 0 Å². The minimum absolute atomic E-state index is 0.0703. The van der Waals surface area contributed by atoms with Gasteiger partial charge in [-0.1, -0.05) is 27.7 Å². The van der Waals surface area contributed by atoms with Crippen molar-refractivity contribution in [1.29, 1.82) is 0 Å². The number of aromatic nitrogens is 1. The van der Waals surface area contributed by atoms with Crippen LogP contribution in [0.15, 0.2) is 18.5 Å². The molecule has 0 spiro atoms. The molecule has 2 unspecified atom stereocenters. The summed E-state index contributed by atoms with van der Waals surface area (Å²) < 4.78 is 18.5. The van der Waals surface area contributed by atoms with Crippen molar-refractivity contribution in [2.24, 2.45) is 11.8 Å². The fraction of sp³-hybridized carbons (Fsp3) is 0.667. The highest BCUT2D eigenvalue weighted by Crippen LogP contribution is 2.28. The Morgan fingerprint density at radius 1 is 1.29 bits per heavy atom. The van der Waals surface area contributed by atoms with Crippen LogP contribution in [0.3, 0.4) is 0 Å². The van der Waals surface area contributed by atoms with Crippen LogP contribution >= 0.6 is 0 Å². The van der Waals surface area contributed by atoms with E-state index in [-0.39, 0.29) is 18.3 Å². The summed E-state index contributed by atoms with van der Waals surface area (Å²) in [5.74, 6) is 0.768. The van der Waals surface area contributed by atoms with Crippen molar-refractivity contribution < 1.29 is 18.8 Å². The Hall–Kier alpha value is -1.27. The molecule has 0 N–H and O–H groups in total. The topological polar surface area (TPSA) is 49.7 Å². The predicted molar refractivity (Wildman–Crippen MR) is 81.7 cm³/mol. The van der Waals surface area contributed by atoms with E-state index in [1.165, 1.54) is 4.57 Å². The predicted octanol–water partition coefficient (Wildman–Crippen LogP) is 2.28. The summed E-state index contributed by atoms with van der Waals surface area (Å²) in [5, 5.41) is 0. The third-order valence-corrected chi connectivity index (χ3v) is 3.67. The molecule has 0 bridgehead atoms. The summed E-state index contributed by atoms with van der Waals surface area (Å²) in [7, 11) is -0.416. The molecule has 1 aliphatic heterocycles. The standard InChI is InChI=1S/C15H24BNO4/c1-6-19-15(18)17-8-7-12(9-17)16-20-13(10(2)3)14(21-16)11(4)5/h7-11,13-14H,6H2,1-5H3. The van der Waals surface area contributed by atoms with Crippen LogP contribution in [0.25, 0.3) is 0 Å². The summed E-state index contributed by atoms with van der Waals surface area (Å²) in [6.45, 7) is 10.7. The summed E-state index contributed by atoms with van der Waals surface area (Å²) in [6, 6.07) is 1.84. The zero-order valence-electron chi connectivity index (χ0n) is 13.4. The van der Waals surface area contributed by atoms with E-state index in [1.54, 1.807) is 19.3 Å². The number of hydrogen-bond donors (Lipinski definition) is 0. The molecule has 21 heavy (non-hydrogen) atoms. The number of ether oxygens (including phenoxy) is 1. The van der Waals surface area contributed by atoms with Gasteiger partial charge < -0.3 is 14.0 Å². The highest BCUT2D eigenvalue weighted by atomic mass is 16.7. The van der Waals surface area contributed by atoms with Gasteiger partial charge in [-0.25, -0.2) is 4.79 Å². The highest BCUT2D eigenvalue weighted by Gasteiger charge is 2.43. The Bertz CT molecular complexity index is 470. The van der Waals surface area contributed by atoms with E-state index in [0.29, 0.717) is 18.4 Å². The van der Waals surface area contributed by atoms with Crippen LogP contribution in [0.4, 0.5) is 4.79 Å². The molecule has 5 nitrogen and oxygen atoms in total. The van der Waals surface area contributed by atoms with Crippen molar-refractivity contribution in [3.63, 3.8) is 0 Å². The molecule has 1 fully saturated rings. The van der Waals surface area contributed by atoms with E-state index < -0.39 is 7.12 Å². The van der Waals surface area contributed by atoms with E-state index in [9.17, 15) is 4.79 Å². The summed E-state index contributed by atoms with van der Waals surface area (Å²) in [4.78, 5) is 11.7. The zero-order valence-corrected chi connectivity index (χ0v) is 13.4. The van der Waals surface area contributed by atoms with Crippen LogP contribution in [0.2, 0.25) is 0 Å². The molecule has 0 amide bonds. The number of carbonyl (C=O) groups excluding carboxylic acids is 1. The molecule has 6 heteroatoms. The summed E-state index contributed by atoms with van der Waals surface area (Å²) in [6.07, 6.45) is 3.14. The van der Waals surface area contributed by atoms with Crippen LogP contribution < -0.4 is 5.46 Å². The van der Waals surface area contributed by atoms with Crippen LogP contribution in [-0.2, 0) is 14.0 Å². The lowest BCUT2D eigenvalue weighted by atomic mass is 9.81. The van der Waals surface area contributed by atoms with Gasteiger partial charge in [0, 0.05) is 17.9 Å². The molecule has 1 aromatic rings. The second-order valence-electron chi connectivity index (χ2n) is 6.07. The van der Waals surface area contributed by atoms with Crippen molar-refractivity contribution in [1.82, 2.24) is 4.57 Å². The molecule has 2 heterocycles. The zero-order chi connectivity index (χ0) is 15.6. The first-order chi connectivity index (χ1) is 9.93. The largest absolute Gasteiger partial charge is 0.496 e. The average molecular weight is 293 g/mol. The summed E-state index contributed by atoms with van der Waals surface area (Å²) in [5.41, 5.74) is 0.844. The van der Waals surface area contributed by atoms with E-state index in [1.807, 2.05) is 6.07 Å². The molecule has 1 aliphatic rings. The molecule has 2 atom stereocenters. The van der Waals surface area contributed by atoms with Crippen molar-refractivity contribution in [3.05, 3.63) is 18.5 Å². The maximum atomic E-state index is 11.7. The van der Waals surface area contributed by atoms with E-state index >= 15 is 0 Å². The molecule has 116 valence electrons. The maximum absolute atomic E-state index is 11.7. The van der Waals surface area contributed by atoms with Gasteiger partial charge in [0.05, 0.1) is 18.8 Å². The molecule has 1 aromatic heterocycles. The molecular weight excluding hydrogens is 269 g/mol. The van der Waals surface area contributed by atoms with Gasteiger partial charge in [0.25, 0.3) is 0 Å². The minimum atomic E-state index is -0.416. The Morgan fingerprint density at radius 2 is 1.86 bits per heavy atom. The monoisotopic (exact) mass is 293 g/mol. The van der Waals surface area contributed by atoms with Crippen molar-refractivity contribution in [3.8, 4) is 0 Å². The van der Waals surface area contributed by atoms with Crippen LogP contribution in [-0.4, -0.2) is 36.6 Å². The smallest absolute Gasteiger partial charge is 0.449 e. The maximum Gasteiger partial charge on any atom is 0.496 e. The highest BCUT2D eigenvalue weighted by molar-refractivity contribution is 6.61. The molecule has 0 aromatic carbocycles. The van der Waals surface area contributed by atoms with Crippen LogP contribution in [0.5, 0.6) is 0 Å². The van der Waals surface area contributed by atoms with Gasteiger partial charge in [-0.15, -0.1) is 0 Å². The fourth-order valence-electron chi connectivity index (χ4n) is 2.57. The lowest BCUT2D eigenvalue weighted by Crippen LogP contribution is -2.32. The van der Waals surface area contributed by atoms with Gasteiger partial charge in [-0.3, -0.25) is 4.57 Å². The lowest BCUT2D eigenvalue weighted by Gasteiger charge is -2.24. The number of hydrogen-bond acceptors (Lipinski definition) is 4.